The van der Waals surface area contributed by atoms with Gasteiger partial charge in [0.05, 0.1) is 5.56 Å². The van der Waals surface area contributed by atoms with Gasteiger partial charge in [0.2, 0.25) is 0 Å². The number of benzene rings is 2. The van der Waals surface area contributed by atoms with Crippen molar-refractivity contribution in [3.8, 4) is 0 Å². The minimum absolute atomic E-state index is 0.287. The zero-order valence-electron chi connectivity index (χ0n) is 14.5. The Morgan fingerprint density at radius 1 is 1.04 bits per heavy atom. The molecule has 0 aliphatic carbocycles. The highest BCUT2D eigenvalue weighted by Gasteiger charge is 2.22. The standard InChI is InChI=1S/C19H20N2O4S/c1-13(25-18(23)15-10-6-7-11-16(15)26-2)17(22)21-19(24)20-12-14-8-4-3-5-9-14/h3-11,13H,12H2,1-2H3,(H2,20,21,22,24)/t13-/m1/s1. The molecule has 0 heterocycles. The molecule has 0 aromatic heterocycles. The molecule has 1 atom stereocenters. The predicted molar refractivity (Wildman–Crippen MR) is 99.9 cm³/mol. The van der Waals surface area contributed by atoms with Gasteiger partial charge in [-0.05, 0) is 30.9 Å². The lowest BCUT2D eigenvalue weighted by molar-refractivity contribution is -0.127. The number of urea groups is 1. The van der Waals surface area contributed by atoms with Crippen LogP contribution in [0.2, 0.25) is 0 Å². The van der Waals surface area contributed by atoms with Crippen LogP contribution in [0.4, 0.5) is 4.79 Å². The van der Waals surface area contributed by atoms with Crippen molar-refractivity contribution in [2.45, 2.75) is 24.5 Å². The van der Waals surface area contributed by atoms with E-state index in [0.29, 0.717) is 5.56 Å². The van der Waals surface area contributed by atoms with Crippen molar-refractivity contribution in [1.82, 2.24) is 10.6 Å². The zero-order valence-corrected chi connectivity index (χ0v) is 15.3. The molecule has 7 heteroatoms. The van der Waals surface area contributed by atoms with Crippen molar-refractivity contribution in [1.29, 1.82) is 0 Å². The third-order valence-electron chi connectivity index (χ3n) is 3.51. The van der Waals surface area contributed by atoms with Crippen LogP contribution in [0.5, 0.6) is 0 Å². The van der Waals surface area contributed by atoms with E-state index in [1.807, 2.05) is 42.7 Å². The van der Waals surface area contributed by atoms with E-state index in [1.54, 1.807) is 18.2 Å². The second kappa shape index (κ2) is 9.62. The molecule has 6 nitrogen and oxygen atoms in total. The third kappa shape index (κ3) is 5.63. The van der Waals surface area contributed by atoms with Crippen LogP contribution in [0.15, 0.2) is 59.5 Å². The van der Waals surface area contributed by atoms with Crippen molar-refractivity contribution >= 4 is 29.7 Å². The van der Waals surface area contributed by atoms with Crippen molar-refractivity contribution in [3.05, 3.63) is 65.7 Å². The summed E-state index contributed by atoms with van der Waals surface area (Å²) in [5.74, 6) is -1.30. The first kappa shape index (κ1) is 19.5. The molecule has 0 saturated carbocycles. The second-order valence-corrected chi connectivity index (χ2v) is 6.25. The summed E-state index contributed by atoms with van der Waals surface area (Å²) in [6.45, 7) is 1.70. The number of nitrogens with one attached hydrogen (secondary N) is 2. The number of amides is 3. The van der Waals surface area contributed by atoms with Gasteiger partial charge >= 0.3 is 12.0 Å². The van der Waals surface area contributed by atoms with E-state index in [0.717, 1.165) is 10.5 Å². The molecule has 0 aliphatic heterocycles. The minimum atomic E-state index is -1.10. The first-order valence-electron chi connectivity index (χ1n) is 7.98. The molecule has 26 heavy (non-hydrogen) atoms. The lowest BCUT2D eigenvalue weighted by Gasteiger charge is -2.14. The average molecular weight is 372 g/mol. The lowest BCUT2D eigenvalue weighted by atomic mass is 10.2. The van der Waals surface area contributed by atoms with Crippen molar-refractivity contribution < 1.29 is 19.1 Å². The van der Waals surface area contributed by atoms with E-state index in [4.69, 9.17) is 4.74 Å². The van der Waals surface area contributed by atoms with Gasteiger partial charge in [-0.25, -0.2) is 9.59 Å². The Hall–Kier alpha value is -2.80. The van der Waals surface area contributed by atoms with Gasteiger partial charge in [-0.1, -0.05) is 42.5 Å². The van der Waals surface area contributed by atoms with E-state index >= 15 is 0 Å². The molecule has 3 amide bonds. The molecule has 0 fully saturated rings. The molecule has 0 aliphatic rings. The lowest BCUT2D eigenvalue weighted by Crippen LogP contribution is -2.44. The Morgan fingerprint density at radius 2 is 1.69 bits per heavy atom. The highest BCUT2D eigenvalue weighted by Crippen LogP contribution is 2.20. The predicted octanol–water partition coefficient (Wildman–Crippen LogP) is 2.98. The van der Waals surface area contributed by atoms with Gasteiger partial charge in [-0.3, -0.25) is 10.1 Å². The van der Waals surface area contributed by atoms with Gasteiger partial charge in [0, 0.05) is 11.4 Å². The van der Waals surface area contributed by atoms with Crippen molar-refractivity contribution in [3.63, 3.8) is 0 Å². The maximum atomic E-state index is 12.2. The summed E-state index contributed by atoms with van der Waals surface area (Å²) >= 11 is 1.41. The van der Waals surface area contributed by atoms with E-state index in [1.165, 1.54) is 18.7 Å². The Bertz CT molecular complexity index is 780. The molecular weight excluding hydrogens is 352 g/mol. The Balaban J connectivity index is 1.84. The molecule has 2 N–H and O–H groups in total. The molecule has 2 rings (SSSR count). The monoisotopic (exact) mass is 372 g/mol. The van der Waals surface area contributed by atoms with Crippen LogP contribution >= 0.6 is 11.8 Å². The van der Waals surface area contributed by atoms with E-state index in [2.05, 4.69) is 10.6 Å². The summed E-state index contributed by atoms with van der Waals surface area (Å²) < 4.78 is 5.16. The SMILES string of the molecule is CSc1ccccc1C(=O)O[C@H](C)C(=O)NC(=O)NCc1ccccc1. The van der Waals surface area contributed by atoms with Gasteiger partial charge in [0.1, 0.15) is 0 Å². The van der Waals surface area contributed by atoms with Gasteiger partial charge in [-0.15, -0.1) is 11.8 Å². The molecule has 0 saturated heterocycles. The molecular formula is C19H20N2O4S. The van der Waals surface area contributed by atoms with Crippen LogP contribution in [-0.4, -0.2) is 30.3 Å². The number of carbonyl (C=O) groups is 3. The Morgan fingerprint density at radius 3 is 2.38 bits per heavy atom. The molecule has 0 spiro atoms. The van der Waals surface area contributed by atoms with E-state index < -0.39 is 24.0 Å². The fourth-order valence-corrected chi connectivity index (χ4v) is 2.71. The summed E-state index contributed by atoms with van der Waals surface area (Å²) in [7, 11) is 0. The normalized spacial score (nSPS) is 11.3. The molecule has 2 aromatic rings. The van der Waals surface area contributed by atoms with E-state index in [-0.39, 0.29) is 6.54 Å². The van der Waals surface area contributed by atoms with Crippen LogP contribution < -0.4 is 10.6 Å². The third-order valence-corrected chi connectivity index (χ3v) is 4.31. The number of thioether (sulfide) groups is 1. The maximum Gasteiger partial charge on any atom is 0.340 e. The summed E-state index contributed by atoms with van der Waals surface area (Å²) in [5, 5.41) is 4.74. The Kier molecular flexibility index (Phi) is 7.23. The molecule has 0 bridgehead atoms. The molecule has 136 valence electrons. The first-order valence-corrected chi connectivity index (χ1v) is 9.20. The number of carbonyl (C=O) groups excluding carboxylic acids is 3. The molecule has 0 radical (unpaired) electrons. The Labute approximate surface area is 156 Å². The van der Waals surface area contributed by atoms with Gasteiger partial charge < -0.3 is 10.1 Å². The molecule has 2 aromatic carbocycles. The molecule has 0 unspecified atom stereocenters. The van der Waals surface area contributed by atoms with Crippen molar-refractivity contribution in [2.75, 3.05) is 6.26 Å². The largest absolute Gasteiger partial charge is 0.449 e. The van der Waals surface area contributed by atoms with Gasteiger partial charge in [0.15, 0.2) is 6.10 Å². The maximum absolute atomic E-state index is 12.2. The summed E-state index contributed by atoms with van der Waals surface area (Å²) in [6.07, 6.45) is 0.749. The number of ether oxygens (including phenoxy) is 1. The minimum Gasteiger partial charge on any atom is -0.449 e. The number of hydrogen-bond acceptors (Lipinski definition) is 5. The smallest absolute Gasteiger partial charge is 0.340 e. The quantitative estimate of drug-likeness (QED) is 0.602. The average Bonchev–Trinajstić information content (AvgIpc) is 2.67. The highest BCUT2D eigenvalue weighted by molar-refractivity contribution is 7.98. The number of esters is 1. The van der Waals surface area contributed by atoms with Crippen LogP contribution in [-0.2, 0) is 16.1 Å². The number of rotatable bonds is 6. The number of imide groups is 1. The zero-order chi connectivity index (χ0) is 18.9. The topological polar surface area (TPSA) is 84.5 Å². The van der Waals surface area contributed by atoms with Crippen LogP contribution in [0.3, 0.4) is 0 Å². The van der Waals surface area contributed by atoms with Gasteiger partial charge in [0.25, 0.3) is 5.91 Å². The summed E-state index contributed by atoms with van der Waals surface area (Å²) in [6, 6.07) is 15.6. The van der Waals surface area contributed by atoms with Crippen LogP contribution in [0.1, 0.15) is 22.8 Å². The fraction of sp³-hybridized carbons (Fsp3) is 0.211. The summed E-state index contributed by atoms with van der Waals surface area (Å²) in [5.41, 5.74) is 1.29. The fourth-order valence-electron chi connectivity index (χ4n) is 2.13. The van der Waals surface area contributed by atoms with E-state index in [9.17, 15) is 14.4 Å². The van der Waals surface area contributed by atoms with Crippen LogP contribution in [0, 0.1) is 0 Å². The first-order chi connectivity index (χ1) is 12.5. The second-order valence-electron chi connectivity index (χ2n) is 5.41. The summed E-state index contributed by atoms with van der Waals surface area (Å²) in [4.78, 5) is 36.8. The van der Waals surface area contributed by atoms with Crippen LogP contribution in [0.25, 0.3) is 0 Å². The highest BCUT2D eigenvalue weighted by atomic mass is 32.2. The van der Waals surface area contributed by atoms with Crippen molar-refractivity contribution in [2.24, 2.45) is 0 Å². The van der Waals surface area contributed by atoms with Gasteiger partial charge in [-0.2, -0.15) is 0 Å². The number of hydrogen-bond donors (Lipinski definition) is 2.